The van der Waals surface area contributed by atoms with Crippen LogP contribution in [0.3, 0.4) is 0 Å². The number of ether oxygens (including phenoxy) is 2. The minimum atomic E-state index is -0.791. The quantitative estimate of drug-likeness (QED) is 0.528. The molecular formula is C13H20O4. The van der Waals surface area contributed by atoms with Gasteiger partial charge in [0.1, 0.15) is 0 Å². The van der Waals surface area contributed by atoms with E-state index in [0.29, 0.717) is 11.1 Å². The summed E-state index contributed by atoms with van der Waals surface area (Å²) in [7, 11) is 2.62. The molecule has 0 amide bonds. The first-order chi connectivity index (χ1) is 7.80. The predicted molar refractivity (Wildman–Crippen MR) is 65.3 cm³/mol. The van der Waals surface area contributed by atoms with Crippen LogP contribution in [0.2, 0.25) is 0 Å². The molecule has 0 aliphatic rings. The lowest BCUT2D eigenvalue weighted by molar-refractivity contribution is -0.145. The highest BCUT2D eigenvalue weighted by Gasteiger charge is 2.37. The molecule has 0 saturated carbocycles. The van der Waals surface area contributed by atoms with Crippen LogP contribution in [0.4, 0.5) is 0 Å². The third-order valence-corrected chi connectivity index (χ3v) is 2.98. The van der Waals surface area contributed by atoms with Gasteiger partial charge >= 0.3 is 11.9 Å². The maximum absolute atomic E-state index is 11.4. The zero-order chi connectivity index (χ0) is 13.6. The molecule has 4 heteroatoms. The number of allylic oxidation sites excluding steroid dienone is 2. The van der Waals surface area contributed by atoms with E-state index in [0.717, 1.165) is 0 Å². The Morgan fingerprint density at radius 1 is 0.941 bits per heavy atom. The molecule has 0 heterocycles. The molecule has 0 rings (SSSR count). The van der Waals surface area contributed by atoms with Gasteiger partial charge in [-0.1, -0.05) is 24.3 Å². The van der Waals surface area contributed by atoms with Gasteiger partial charge < -0.3 is 9.47 Å². The summed E-state index contributed by atoms with van der Waals surface area (Å²) in [6, 6.07) is 0. The van der Waals surface area contributed by atoms with E-state index in [9.17, 15) is 9.59 Å². The highest BCUT2D eigenvalue weighted by Crippen LogP contribution is 2.41. The molecule has 0 aliphatic carbocycles. The first kappa shape index (κ1) is 15.4. The van der Waals surface area contributed by atoms with Crippen LogP contribution in [0, 0.1) is 5.41 Å². The molecular weight excluding hydrogens is 220 g/mol. The highest BCUT2D eigenvalue weighted by atomic mass is 16.5. The van der Waals surface area contributed by atoms with E-state index >= 15 is 0 Å². The average molecular weight is 240 g/mol. The van der Waals surface area contributed by atoms with Crippen molar-refractivity contribution in [3.63, 3.8) is 0 Å². The fourth-order valence-corrected chi connectivity index (χ4v) is 1.67. The lowest BCUT2D eigenvalue weighted by Crippen LogP contribution is -2.30. The Labute approximate surface area is 102 Å². The molecule has 0 fully saturated rings. The lowest BCUT2D eigenvalue weighted by atomic mass is 9.71. The van der Waals surface area contributed by atoms with Gasteiger partial charge in [0.25, 0.3) is 0 Å². The van der Waals surface area contributed by atoms with Crippen molar-refractivity contribution < 1.29 is 19.1 Å². The molecule has 0 aromatic rings. The summed E-state index contributed by atoms with van der Waals surface area (Å²) in [4.78, 5) is 22.9. The van der Waals surface area contributed by atoms with Crippen LogP contribution >= 0.6 is 0 Å². The topological polar surface area (TPSA) is 52.6 Å². The van der Waals surface area contributed by atoms with Gasteiger partial charge in [0.15, 0.2) is 0 Å². The number of carbonyl (C=O) groups excluding carboxylic acids is 2. The maximum atomic E-state index is 11.4. The molecule has 4 nitrogen and oxygen atoms in total. The molecule has 0 bridgehead atoms. The second-order valence-corrected chi connectivity index (χ2v) is 4.15. The molecule has 96 valence electrons. The van der Waals surface area contributed by atoms with Crippen molar-refractivity contribution in [2.24, 2.45) is 5.41 Å². The summed E-state index contributed by atoms with van der Waals surface area (Å²) in [6.07, 6.45) is 0.0898. The monoisotopic (exact) mass is 240 g/mol. The van der Waals surface area contributed by atoms with Gasteiger partial charge in [-0.25, -0.2) is 0 Å². The summed E-state index contributed by atoms with van der Waals surface area (Å²) >= 11 is 0. The molecule has 0 atom stereocenters. The Morgan fingerprint density at radius 3 is 1.41 bits per heavy atom. The van der Waals surface area contributed by atoms with Crippen LogP contribution in [-0.4, -0.2) is 26.2 Å². The van der Waals surface area contributed by atoms with Crippen molar-refractivity contribution in [1.82, 2.24) is 0 Å². The fourth-order valence-electron chi connectivity index (χ4n) is 1.67. The van der Waals surface area contributed by atoms with E-state index in [2.05, 4.69) is 22.6 Å². The van der Waals surface area contributed by atoms with Gasteiger partial charge in [-0.05, 0) is 13.8 Å². The zero-order valence-electron chi connectivity index (χ0n) is 11.0. The van der Waals surface area contributed by atoms with Gasteiger partial charge in [-0.15, -0.1) is 0 Å². The zero-order valence-corrected chi connectivity index (χ0v) is 11.0. The Morgan fingerprint density at radius 2 is 1.24 bits per heavy atom. The molecule has 17 heavy (non-hydrogen) atoms. The van der Waals surface area contributed by atoms with Crippen molar-refractivity contribution in [1.29, 1.82) is 0 Å². The number of esters is 2. The van der Waals surface area contributed by atoms with E-state index in [1.54, 1.807) is 13.8 Å². The standard InChI is InChI=1S/C13H20O4/c1-9(2)13(10(3)4,7-11(14)16-5)8-12(15)17-6/h1,3,7-8H2,2,4-6H3. The highest BCUT2D eigenvalue weighted by molar-refractivity contribution is 5.76. The van der Waals surface area contributed by atoms with Gasteiger partial charge in [-0.3, -0.25) is 9.59 Å². The Bertz CT molecular complexity index is 307. The maximum Gasteiger partial charge on any atom is 0.306 e. The fraction of sp³-hybridized carbons (Fsp3) is 0.538. The molecule has 0 radical (unpaired) electrons. The van der Waals surface area contributed by atoms with Crippen LogP contribution in [-0.2, 0) is 19.1 Å². The number of methoxy groups -OCH3 is 2. The SMILES string of the molecule is C=C(C)C(CC(=O)OC)(CC(=O)OC)C(=C)C. The van der Waals surface area contributed by atoms with Crippen LogP contribution in [0.25, 0.3) is 0 Å². The smallest absolute Gasteiger partial charge is 0.306 e. The molecule has 0 aliphatic heterocycles. The van der Waals surface area contributed by atoms with Crippen molar-refractivity contribution in [2.75, 3.05) is 14.2 Å². The second-order valence-electron chi connectivity index (χ2n) is 4.15. The number of hydrogen-bond acceptors (Lipinski definition) is 4. The predicted octanol–water partition coefficient (Wildman–Crippen LogP) is 2.25. The Kier molecular flexibility index (Phi) is 5.65. The van der Waals surface area contributed by atoms with Gasteiger partial charge in [-0.2, -0.15) is 0 Å². The van der Waals surface area contributed by atoms with Gasteiger partial charge in [0.2, 0.25) is 0 Å². The molecule has 0 unspecified atom stereocenters. The van der Waals surface area contributed by atoms with E-state index in [1.165, 1.54) is 14.2 Å². The van der Waals surface area contributed by atoms with Crippen molar-refractivity contribution >= 4 is 11.9 Å². The summed E-state index contributed by atoms with van der Waals surface area (Å²) in [5, 5.41) is 0. The lowest BCUT2D eigenvalue weighted by Gasteiger charge is -2.33. The average Bonchev–Trinajstić information content (AvgIpc) is 2.26. The van der Waals surface area contributed by atoms with E-state index in [-0.39, 0.29) is 12.8 Å². The first-order valence-corrected chi connectivity index (χ1v) is 5.25. The number of hydrogen-bond donors (Lipinski definition) is 0. The molecule has 0 aromatic carbocycles. The van der Waals surface area contributed by atoms with Gasteiger partial charge in [0, 0.05) is 5.41 Å². The largest absolute Gasteiger partial charge is 0.469 e. The minimum absolute atomic E-state index is 0.0449. The first-order valence-electron chi connectivity index (χ1n) is 5.25. The van der Waals surface area contributed by atoms with Crippen LogP contribution in [0.1, 0.15) is 26.7 Å². The van der Waals surface area contributed by atoms with Crippen LogP contribution in [0.15, 0.2) is 24.3 Å². The Balaban J connectivity index is 5.28. The third kappa shape index (κ3) is 3.73. The van der Waals surface area contributed by atoms with Gasteiger partial charge in [0.05, 0.1) is 27.1 Å². The second kappa shape index (κ2) is 6.23. The summed E-state index contributed by atoms with van der Waals surface area (Å²) in [6.45, 7) is 11.2. The van der Waals surface area contributed by atoms with Crippen molar-refractivity contribution in [3.8, 4) is 0 Å². The van der Waals surface area contributed by atoms with Crippen LogP contribution in [0.5, 0.6) is 0 Å². The number of rotatable bonds is 6. The van der Waals surface area contributed by atoms with E-state index < -0.39 is 17.4 Å². The molecule has 0 spiro atoms. The third-order valence-electron chi connectivity index (χ3n) is 2.98. The molecule has 0 N–H and O–H groups in total. The minimum Gasteiger partial charge on any atom is -0.469 e. The number of carbonyl (C=O) groups is 2. The summed E-state index contributed by atoms with van der Waals surface area (Å²) < 4.78 is 9.30. The molecule has 0 aromatic heterocycles. The van der Waals surface area contributed by atoms with Crippen molar-refractivity contribution in [2.45, 2.75) is 26.7 Å². The summed E-state index contributed by atoms with van der Waals surface area (Å²) in [5.41, 5.74) is 0.599. The molecule has 0 saturated heterocycles. The summed E-state index contributed by atoms with van der Waals surface area (Å²) in [5.74, 6) is -0.806. The van der Waals surface area contributed by atoms with E-state index in [4.69, 9.17) is 0 Å². The van der Waals surface area contributed by atoms with Crippen LogP contribution < -0.4 is 0 Å². The normalized spacial score (nSPS) is 10.6. The van der Waals surface area contributed by atoms with E-state index in [1.807, 2.05) is 0 Å². The van der Waals surface area contributed by atoms with Crippen molar-refractivity contribution in [3.05, 3.63) is 24.3 Å². The Hall–Kier alpha value is -1.58.